The number of pyridine rings is 2. The smallest absolute Gasteiger partial charge is 0.140 e. The van der Waals surface area contributed by atoms with E-state index in [1.807, 2.05) is 61.5 Å². The fourth-order valence-corrected chi connectivity index (χ4v) is 3.30. The van der Waals surface area contributed by atoms with Crippen LogP contribution in [0, 0.1) is 29.6 Å². The van der Waals surface area contributed by atoms with Crippen LogP contribution in [-0.2, 0) is 0 Å². The number of benzene rings is 2. The molecule has 4 rings (SSSR count). The van der Waals surface area contributed by atoms with Crippen LogP contribution in [0.25, 0.3) is 22.0 Å². The highest BCUT2D eigenvalue weighted by Gasteiger charge is 2.16. The van der Waals surface area contributed by atoms with Crippen molar-refractivity contribution in [3.8, 4) is 23.3 Å². The van der Waals surface area contributed by atoms with E-state index in [1.54, 1.807) is 6.20 Å². The van der Waals surface area contributed by atoms with Crippen molar-refractivity contribution >= 4 is 22.3 Å². The lowest BCUT2D eigenvalue weighted by Gasteiger charge is -2.17. The standard InChI is InChI=1S/C24H18N6/c1-15-21(27)10-18(13-28-15)17-7-8-22-20(9-17)24(19(11-25)14-29-22)30-23(12-26)16-5-3-2-4-6-16/h2-10,13-14,23H,27H2,1H3,(H,29,30). The molecular weight excluding hydrogens is 372 g/mol. The Balaban J connectivity index is 1.86. The molecule has 0 aliphatic carbocycles. The first-order valence-electron chi connectivity index (χ1n) is 9.37. The summed E-state index contributed by atoms with van der Waals surface area (Å²) in [6.07, 6.45) is 3.29. The number of aryl methyl sites for hydroxylation is 1. The number of hydrogen-bond donors (Lipinski definition) is 2. The Bertz CT molecular complexity index is 1320. The van der Waals surface area contributed by atoms with Gasteiger partial charge < -0.3 is 11.1 Å². The normalized spacial score (nSPS) is 11.4. The summed E-state index contributed by atoms with van der Waals surface area (Å²) in [5.74, 6) is 0. The Morgan fingerprint density at radius 3 is 2.47 bits per heavy atom. The fourth-order valence-electron chi connectivity index (χ4n) is 3.30. The van der Waals surface area contributed by atoms with Crippen LogP contribution in [0.3, 0.4) is 0 Å². The average molecular weight is 390 g/mol. The molecule has 4 aromatic rings. The molecule has 0 aliphatic heterocycles. The minimum absolute atomic E-state index is 0.373. The Hall–Kier alpha value is -4.42. The summed E-state index contributed by atoms with van der Waals surface area (Å²) in [5, 5.41) is 23.4. The summed E-state index contributed by atoms with van der Waals surface area (Å²) < 4.78 is 0. The highest BCUT2D eigenvalue weighted by atomic mass is 14.9. The fraction of sp³-hybridized carbons (Fsp3) is 0.0833. The summed E-state index contributed by atoms with van der Waals surface area (Å²) in [4.78, 5) is 8.74. The number of nitrogens with two attached hydrogens (primary N) is 1. The number of nitrogens with zero attached hydrogens (tertiary/aromatic N) is 4. The number of rotatable bonds is 4. The van der Waals surface area contributed by atoms with Gasteiger partial charge in [0.2, 0.25) is 0 Å². The van der Waals surface area contributed by atoms with Crippen LogP contribution in [0.1, 0.15) is 22.9 Å². The molecule has 2 aromatic heterocycles. The van der Waals surface area contributed by atoms with Crippen molar-refractivity contribution in [1.29, 1.82) is 10.5 Å². The van der Waals surface area contributed by atoms with Gasteiger partial charge in [0, 0.05) is 23.3 Å². The van der Waals surface area contributed by atoms with E-state index in [-0.39, 0.29) is 0 Å². The number of nitriles is 2. The summed E-state index contributed by atoms with van der Waals surface area (Å²) in [6.45, 7) is 1.86. The van der Waals surface area contributed by atoms with E-state index in [1.165, 1.54) is 6.20 Å². The van der Waals surface area contributed by atoms with Crippen LogP contribution in [0.15, 0.2) is 67.0 Å². The maximum absolute atomic E-state index is 9.73. The van der Waals surface area contributed by atoms with Crippen molar-refractivity contribution in [1.82, 2.24) is 9.97 Å². The van der Waals surface area contributed by atoms with Crippen molar-refractivity contribution < 1.29 is 0 Å². The van der Waals surface area contributed by atoms with Crippen LogP contribution in [0.2, 0.25) is 0 Å². The number of aromatic nitrogens is 2. The maximum Gasteiger partial charge on any atom is 0.140 e. The second-order valence-corrected chi connectivity index (χ2v) is 6.91. The maximum atomic E-state index is 9.73. The van der Waals surface area contributed by atoms with E-state index in [0.29, 0.717) is 16.9 Å². The Kier molecular flexibility index (Phi) is 4.99. The molecule has 30 heavy (non-hydrogen) atoms. The lowest BCUT2D eigenvalue weighted by atomic mass is 10.0. The lowest BCUT2D eigenvalue weighted by Crippen LogP contribution is -2.10. The van der Waals surface area contributed by atoms with Gasteiger partial charge >= 0.3 is 0 Å². The van der Waals surface area contributed by atoms with E-state index >= 15 is 0 Å². The molecule has 1 atom stereocenters. The van der Waals surface area contributed by atoms with Crippen molar-refractivity contribution in [3.63, 3.8) is 0 Å². The molecule has 0 spiro atoms. The molecule has 2 aromatic carbocycles. The highest BCUT2D eigenvalue weighted by Crippen LogP contribution is 2.33. The van der Waals surface area contributed by atoms with Crippen LogP contribution in [-0.4, -0.2) is 9.97 Å². The molecule has 0 fully saturated rings. The third-order valence-electron chi connectivity index (χ3n) is 5.00. The summed E-state index contributed by atoms with van der Waals surface area (Å²) >= 11 is 0. The summed E-state index contributed by atoms with van der Waals surface area (Å²) in [5.41, 5.74) is 11.7. The molecule has 3 N–H and O–H groups in total. The zero-order valence-corrected chi connectivity index (χ0v) is 16.3. The van der Waals surface area contributed by atoms with Gasteiger partial charge in [-0.1, -0.05) is 36.4 Å². The minimum atomic E-state index is -0.607. The van der Waals surface area contributed by atoms with Crippen molar-refractivity contribution in [3.05, 3.63) is 83.8 Å². The zero-order valence-electron chi connectivity index (χ0n) is 16.3. The molecule has 0 amide bonds. The van der Waals surface area contributed by atoms with Gasteiger partial charge in [0.15, 0.2) is 0 Å². The van der Waals surface area contributed by atoms with Gasteiger partial charge in [-0.2, -0.15) is 10.5 Å². The van der Waals surface area contributed by atoms with Gasteiger partial charge in [-0.25, -0.2) is 0 Å². The van der Waals surface area contributed by atoms with E-state index in [2.05, 4.69) is 27.4 Å². The van der Waals surface area contributed by atoms with Crippen LogP contribution >= 0.6 is 0 Å². The molecule has 144 valence electrons. The van der Waals surface area contributed by atoms with E-state index in [0.717, 1.165) is 33.3 Å². The molecule has 2 heterocycles. The average Bonchev–Trinajstić information content (AvgIpc) is 2.79. The van der Waals surface area contributed by atoms with Crippen LogP contribution < -0.4 is 11.1 Å². The van der Waals surface area contributed by atoms with Crippen molar-refractivity contribution in [2.45, 2.75) is 13.0 Å². The Labute approximate surface area is 174 Å². The van der Waals surface area contributed by atoms with Crippen molar-refractivity contribution in [2.75, 3.05) is 11.1 Å². The first kappa shape index (κ1) is 18.9. The summed E-state index contributed by atoms with van der Waals surface area (Å²) in [6, 6.07) is 20.9. The SMILES string of the molecule is Cc1ncc(-c2ccc3ncc(C#N)c(NC(C#N)c4ccccc4)c3c2)cc1N. The molecule has 0 bridgehead atoms. The molecular formula is C24H18N6. The second kappa shape index (κ2) is 7.90. The van der Waals surface area contributed by atoms with E-state index in [4.69, 9.17) is 5.73 Å². The first-order chi connectivity index (χ1) is 14.6. The van der Waals surface area contributed by atoms with Crippen molar-refractivity contribution in [2.24, 2.45) is 0 Å². The second-order valence-electron chi connectivity index (χ2n) is 6.91. The van der Waals surface area contributed by atoms with Gasteiger partial charge in [-0.15, -0.1) is 0 Å². The number of nitrogens with one attached hydrogen (secondary N) is 1. The van der Waals surface area contributed by atoms with Crippen LogP contribution in [0.5, 0.6) is 0 Å². The molecule has 0 saturated heterocycles. The lowest BCUT2D eigenvalue weighted by molar-refractivity contribution is 0.998. The third-order valence-corrected chi connectivity index (χ3v) is 5.00. The predicted molar refractivity (Wildman–Crippen MR) is 117 cm³/mol. The van der Waals surface area contributed by atoms with Gasteiger partial charge in [0.05, 0.1) is 34.2 Å². The van der Waals surface area contributed by atoms with Gasteiger partial charge in [-0.3, -0.25) is 9.97 Å². The molecule has 6 nitrogen and oxygen atoms in total. The topological polar surface area (TPSA) is 111 Å². The molecule has 1 unspecified atom stereocenters. The zero-order chi connectivity index (χ0) is 21.1. The quantitative estimate of drug-likeness (QED) is 0.521. The monoisotopic (exact) mass is 390 g/mol. The molecule has 0 saturated carbocycles. The molecule has 6 heteroatoms. The molecule has 0 radical (unpaired) electrons. The van der Waals surface area contributed by atoms with E-state index in [9.17, 15) is 10.5 Å². The number of hydrogen-bond acceptors (Lipinski definition) is 6. The number of nitrogen functional groups attached to an aromatic ring is 1. The first-order valence-corrected chi connectivity index (χ1v) is 9.37. The van der Waals surface area contributed by atoms with Gasteiger partial charge in [-0.05, 0) is 36.2 Å². The van der Waals surface area contributed by atoms with Gasteiger partial charge in [0.1, 0.15) is 12.1 Å². The Morgan fingerprint density at radius 2 is 1.77 bits per heavy atom. The van der Waals surface area contributed by atoms with E-state index < -0.39 is 6.04 Å². The third kappa shape index (κ3) is 3.50. The molecule has 0 aliphatic rings. The predicted octanol–water partition coefficient (Wildman–Crippen LogP) is 4.74. The summed E-state index contributed by atoms with van der Waals surface area (Å²) in [7, 11) is 0. The largest absolute Gasteiger partial charge is 0.397 e. The van der Waals surface area contributed by atoms with Gasteiger partial charge in [0.25, 0.3) is 0 Å². The minimum Gasteiger partial charge on any atom is -0.397 e. The number of anilines is 2. The number of fused-ring (bicyclic) bond motifs is 1. The van der Waals surface area contributed by atoms with Crippen LogP contribution in [0.4, 0.5) is 11.4 Å². The highest BCUT2D eigenvalue weighted by molar-refractivity contribution is 5.97. The Morgan fingerprint density at radius 1 is 0.967 bits per heavy atom.